The Morgan fingerprint density at radius 3 is 2.59 bits per heavy atom. The Balaban J connectivity index is 1.26. The van der Waals surface area contributed by atoms with Gasteiger partial charge in [0.1, 0.15) is 16.1 Å². The van der Waals surface area contributed by atoms with Crippen molar-refractivity contribution in [1.82, 2.24) is 15.2 Å². The van der Waals surface area contributed by atoms with E-state index in [4.69, 9.17) is 4.98 Å². The molecule has 0 saturated heterocycles. The molecule has 2 aromatic carbocycles. The summed E-state index contributed by atoms with van der Waals surface area (Å²) in [5.74, 6) is 0.151. The number of benzene rings is 2. The van der Waals surface area contributed by atoms with Crippen LogP contribution in [0, 0.1) is 18.3 Å². The number of pyridine rings is 1. The standard InChI is InChI=1S/C29H28N6O3S3/c1-3-26(27(36)31-23-10-12-24(13-11-23)41(37,38)35-29-34-33-18(2)39-29)40-28-22(17-30)16-21-15-20(9-14-25(21)32-28)19-7-5-4-6-8-19/h4-8,10-13,16,20,26H,3,9,14-15H2,1-2H3,(H,31,36)(H,34,35). The molecule has 0 radical (unpaired) electrons. The third kappa shape index (κ3) is 6.75. The number of hydrogen-bond acceptors (Lipinski definition) is 9. The normalized spacial score (nSPS) is 15.4. The van der Waals surface area contributed by atoms with Crippen LogP contribution >= 0.6 is 23.1 Å². The number of aryl methyl sites for hydroxylation is 2. The Hall–Kier alpha value is -3.79. The molecule has 2 aromatic heterocycles. The Bertz CT molecular complexity index is 1700. The molecule has 2 N–H and O–H groups in total. The predicted molar refractivity (Wildman–Crippen MR) is 161 cm³/mol. The number of nitriles is 1. The van der Waals surface area contributed by atoms with E-state index in [2.05, 4.69) is 50.6 Å². The molecule has 41 heavy (non-hydrogen) atoms. The summed E-state index contributed by atoms with van der Waals surface area (Å²) >= 11 is 2.42. The van der Waals surface area contributed by atoms with Gasteiger partial charge in [0.15, 0.2) is 0 Å². The zero-order valence-electron chi connectivity index (χ0n) is 22.5. The molecule has 5 rings (SSSR count). The van der Waals surface area contributed by atoms with Gasteiger partial charge >= 0.3 is 0 Å². The van der Waals surface area contributed by atoms with Crippen LogP contribution < -0.4 is 10.0 Å². The molecule has 210 valence electrons. The van der Waals surface area contributed by atoms with Crippen LogP contribution in [0.5, 0.6) is 0 Å². The van der Waals surface area contributed by atoms with E-state index < -0.39 is 15.3 Å². The fourth-order valence-electron chi connectivity index (χ4n) is 4.73. The highest BCUT2D eigenvalue weighted by molar-refractivity contribution is 8.00. The zero-order valence-corrected chi connectivity index (χ0v) is 24.9. The van der Waals surface area contributed by atoms with Crippen LogP contribution in [-0.2, 0) is 27.7 Å². The number of carbonyl (C=O) groups excluding carboxylic acids is 1. The molecule has 2 unspecified atom stereocenters. The van der Waals surface area contributed by atoms with Crippen LogP contribution in [0.1, 0.15) is 53.1 Å². The first-order chi connectivity index (χ1) is 19.8. The number of fused-ring (bicyclic) bond motifs is 1. The second-order valence-corrected chi connectivity index (χ2v) is 13.7. The van der Waals surface area contributed by atoms with Gasteiger partial charge in [-0.25, -0.2) is 13.4 Å². The Kier molecular flexibility index (Phi) is 8.68. The third-order valence-electron chi connectivity index (χ3n) is 6.84. The monoisotopic (exact) mass is 604 g/mol. The molecule has 1 amide bonds. The smallest absolute Gasteiger partial charge is 0.263 e. The number of carbonyl (C=O) groups is 1. The van der Waals surface area contributed by atoms with Crippen molar-refractivity contribution < 1.29 is 13.2 Å². The number of anilines is 2. The fraction of sp³-hybridized carbons (Fsp3) is 0.276. The van der Waals surface area contributed by atoms with E-state index in [1.54, 1.807) is 6.92 Å². The molecule has 0 bridgehead atoms. The lowest BCUT2D eigenvalue weighted by atomic mass is 9.82. The quantitative estimate of drug-likeness (QED) is 0.232. The summed E-state index contributed by atoms with van der Waals surface area (Å²) in [7, 11) is -3.84. The highest BCUT2D eigenvalue weighted by Gasteiger charge is 2.26. The zero-order chi connectivity index (χ0) is 29.0. The Labute approximate surface area is 247 Å². The Morgan fingerprint density at radius 2 is 1.93 bits per heavy atom. The van der Waals surface area contributed by atoms with Crippen LogP contribution in [0.4, 0.5) is 10.8 Å². The molecule has 0 saturated carbocycles. The summed E-state index contributed by atoms with van der Waals surface area (Å²) in [5.41, 5.74) is 4.32. The molecular formula is C29H28N6O3S3. The van der Waals surface area contributed by atoms with Crippen LogP contribution in [0.3, 0.4) is 0 Å². The number of nitrogens with zero attached hydrogens (tertiary/aromatic N) is 4. The maximum Gasteiger partial charge on any atom is 0.263 e. The summed E-state index contributed by atoms with van der Waals surface area (Å²) < 4.78 is 27.7. The second-order valence-electron chi connectivity index (χ2n) is 9.67. The number of amides is 1. The van der Waals surface area contributed by atoms with Crippen molar-refractivity contribution in [3.8, 4) is 6.07 Å². The van der Waals surface area contributed by atoms with E-state index in [1.807, 2.05) is 19.1 Å². The molecule has 0 spiro atoms. The number of rotatable bonds is 9. The van der Waals surface area contributed by atoms with Crippen LogP contribution in [-0.4, -0.2) is 34.8 Å². The van der Waals surface area contributed by atoms with Gasteiger partial charge in [-0.05, 0) is 80.0 Å². The molecule has 1 aliphatic carbocycles. The summed E-state index contributed by atoms with van der Waals surface area (Å²) in [6.45, 7) is 3.64. The van der Waals surface area contributed by atoms with E-state index in [9.17, 15) is 18.5 Å². The first-order valence-corrected chi connectivity index (χ1v) is 16.3. The van der Waals surface area contributed by atoms with Gasteiger partial charge in [0, 0.05) is 11.4 Å². The second kappa shape index (κ2) is 12.4. The van der Waals surface area contributed by atoms with Gasteiger partial charge in [-0.3, -0.25) is 9.52 Å². The van der Waals surface area contributed by atoms with Gasteiger partial charge in [0.2, 0.25) is 11.0 Å². The van der Waals surface area contributed by atoms with E-state index >= 15 is 0 Å². The van der Waals surface area contributed by atoms with E-state index in [1.165, 1.54) is 41.6 Å². The average Bonchev–Trinajstić information content (AvgIpc) is 3.39. The first-order valence-electron chi connectivity index (χ1n) is 13.1. The molecule has 0 fully saturated rings. The van der Waals surface area contributed by atoms with Crippen LogP contribution in [0.15, 0.2) is 70.6 Å². The number of hydrogen-bond donors (Lipinski definition) is 2. The number of nitrogens with one attached hydrogen (secondary N) is 2. The topological polar surface area (TPSA) is 138 Å². The van der Waals surface area contributed by atoms with E-state index in [-0.39, 0.29) is 15.9 Å². The highest BCUT2D eigenvalue weighted by Crippen LogP contribution is 2.36. The van der Waals surface area contributed by atoms with Crippen molar-refractivity contribution in [1.29, 1.82) is 5.26 Å². The summed E-state index contributed by atoms with van der Waals surface area (Å²) in [4.78, 5) is 18.1. The van der Waals surface area contributed by atoms with Gasteiger partial charge < -0.3 is 5.32 Å². The summed E-state index contributed by atoms with van der Waals surface area (Å²) in [6, 6.07) is 20.5. The van der Waals surface area contributed by atoms with E-state index in [0.717, 1.165) is 41.9 Å². The van der Waals surface area contributed by atoms with Crippen molar-refractivity contribution in [2.45, 2.75) is 60.6 Å². The fourth-order valence-corrected chi connectivity index (χ4v) is 7.55. The van der Waals surface area contributed by atoms with Crippen LogP contribution in [0.25, 0.3) is 0 Å². The SMILES string of the molecule is CCC(Sc1nc2c(cc1C#N)CC(c1ccccc1)CC2)C(=O)Nc1ccc(S(=O)(=O)Nc2nnc(C)s2)cc1. The third-order valence-corrected chi connectivity index (χ3v) is 10.4. The van der Waals surface area contributed by atoms with Gasteiger partial charge in [-0.2, -0.15) is 5.26 Å². The maximum atomic E-state index is 13.2. The van der Waals surface area contributed by atoms with Gasteiger partial charge in [-0.1, -0.05) is 60.4 Å². The molecular weight excluding hydrogens is 577 g/mol. The lowest BCUT2D eigenvalue weighted by molar-refractivity contribution is -0.115. The molecule has 2 atom stereocenters. The van der Waals surface area contributed by atoms with Crippen molar-refractivity contribution in [3.05, 3.63) is 88.1 Å². The minimum absolute atomic E-state index is 0.0381. The van der Waals surface area contributed by atoms with Crippen LogP contribution in [0.2, 0.25) is 0 Å². The van der Waals surface area contributed by atoms with Crippen molar-refractivity contribution in [2.24, 2.45) is 0 Å². The average molecular weight is 605 g/mol. The number of aromatic nitrogens is 3. The summed E-state index contributed by atoms with van der Waals surface area (Å²) in [6.07, 6.45) is 3.17. The molecule has 9 nitrogen and oxygen atoms in total. The van der Waals surface area contributed by atoms with Gasteiger partial charge in [0.25, 0.3) is 10.0 Å². The molecule has 2 heterocycles. The van der Waals surface area contributed by atoms with Crippen molar-refractivity contribution in [2.75, 3.05) is 10.0 Å². The largest absolute Gasteiger partial charge is 0.325 e. The minimum Gasteiger partial charge on any atom is -0.325 e. The summed E-state index contributed by atoms with van der Waals surface area (Å²) in [5, 5.41) is 21.3. The lowest BCUT2D eigenvalue weighted by Gasteiger charge is -2.25. The predicted octanol–water partition coefficient (Wildman–Crippen LogP) is 5.70. The molecule has 4 aromatic rings. The van der Waals surface area contributed by atoms with Gasteiger partial charge in [-0.15, -0.1) is 10.2 Å². The molecule has 12 heteroatoms. The maximum absolute atomic E-state index is 13.2. The van der Waals surface area contributed by atoms with Crippen molar-refractivity contribution in [3.63, 3.8) is 0 Å². The first kappa shape index (κ1) is 28.7. The van der Waals surface area contributed by atoms with E-state index in [0.29, 0.717) is 33.6 Å². The van der Waals surface area contributed by atoms with Crippen molar-refractivity contribution >= 4 is 49.8 Å². The lowest BCUT2D eigenvalue weighted by Crippen LogP contribution is -2.25. The van der Waals surface area contributed by atoms with Gasteiger partial charge in [0.05, 0.1) is 15.7 Å². The number of sulfonamides is 1. The highest BCUT2D eigenvalue weighted by atomic mass is 32.2. The number of thioether (sulfide) groups is 1. The molecule has 1 aliphatic rings. The Morgan fingerprint density at radius 1 is 1.17 bits per heavy atom. The molecule has 0 aliphatic heterocycles. The minimum atomic E-state index is -3.84.